The van der Waals surface area contributed by atoms with Crippen molar-refractivity contribution in [2.24, 2.45) is 0 Å². The minimum atomic E-state index is -4.38. The predicted octanol–water partition coefficient (Wildman–Crippen LogP) is 3.21. The molecule has 0 bridgehead atoms. The zero-order chi connectivity index (χ0) is 9.35. The molecule has 0 aliphatic heterocycles. The molecular weight excluding hydrogens is 211 g/mol. The van der Waals surface area contributed by atoms with Crippen molar-refractivity contribution in [3.8, 4) is 0 Å². The first-order valence-corrected chi connectivity index (χ1v) is 4.39. The molecule has 0 unspecified atom stereocenters. The van der Waals surface area contributed by atoms with E-state index in [1.165, 1.54) is 6.92 Å². The topological polar surface area (TPSA) is 12.9 Å². The van der Waals surface area contributed by atoms with Crippen molar-refractivity contribution in [2.45, 2.75) is 19.0 Å². The van der Waals surface area contributed by atoms with Gasteiger partial charge in [0.1, 0.15) is 0 Å². The Hall–Kier alpha value is -0.290. The summed E-state index contributed by atoms with van der Waals surface area (Å²) in [5.74, 6) is -0.139. The fraction of sp³-hybridized carbons (Fsp3) is 0.500. The summed E-state index contributed by atoms with van der Waals surface area (Å²) >= 11 is 6.30. The van der Waals surface area contributed by atoms with Crippen LogP contribution in [0.15, 0.2) is 0 Å². The standard InChI is InChI=1S/C6H5ClF3NS/c1-3-11-5(6(8,9)10)4(2-7)12-3/h2H2,1H3. The van der Waals surface area contributed by atoms with Gasteiger partial charge in [0.2, 0.25) is 0 Å². The van der Waals surface area contributed by atoms with Gasteiger partial charge in [0.15, 0.2) is 5.69 Å². The van der Waals surface area contributed by atoms with E-state index in [0.717, 1.165) is 11.3 Å². The minimum Gasteiger partial charge on any atom is -0.237 e. The van der Waals surface area contributed by atoms with Crippen LogP contribution < -0.4 is 0 Å². The van der Waals surface area contributed by atoms with Gasteiger partial charge in [0.05, 0.1) is 15.8 Å². The number of rotatable bonds is 1. The van der Waals surface area contributed by atoms with Crippen molar-refractivity contribution in [3.05, 3.63) is 15.6 Å². The van der Waals surface area contributed by atoms with Gasteiger partial charge in [0, 0.05) is 0 Å². The van der Waals surface area contributed by atoms with Gasteiger partial charge in [-0.05, 0) is 6.92 Å². The molecule has 1 nitrogen and oxygen atoms in total. The fourth-order valence-electron chi connectivity index (χ4n) is 0.781. The van der Waals surface area contributed by atoms with Gasteiger partial charge in [-0.1, -0.05) is 0 Å². The Morgan fingerprint density at radius 3 is 2.42 bits per heavy atom. The molecule has 0 spiro atoms. The summed E-state index contributed by atoms with van der Waals surface area (Å²) in [5, 5.41) is 0.387. The lowest BCUT2D eigenvalue weighted by atomic mass is 10.4. The maximum Gasteiger partial charge on any atom is 0.434 e. The van der Waals surface area contributed by atoms with Crippen LogP contribution in [-0.4, -0.2) is 4.98 Å². The number of alkyl halides is 4. The molecule has 0 saturated carbocycles. The third kappa shape index (κ3) is 1.90. The molecule has 0 radical (unpaired) electrons. The van der Waals surface area contributed by atoms with Crippen molar-refractivity contribution in [3.63, 3.8) is 0 Å². The van der Waals surface area contributed by atoms with Crippen LogP contribution in [-0.2, 0) is 12.1 Å². The van der Waals surface area contributed by atoms with Crippen molar-refractivity contribution in [1.82, 2.24) is 4.98 Å². The number of aromatic nitrogens is 1. The van der Waals surface area contributed by atoms with Gasteiger partial charge in [-0.2, -0.15) is 13.2 Å². The number of hydrogen-bond acceptors (Lipinski definition) is 2. The third-order valence-electron chi connectivity index (χ3n) is 1.19. The molecule has 1 aromatic rings. The molecule has 0 aromatic carbocycles. The molecule has 6 heteroatoms. The van der Waals surface area contributed by atoms with Gasteiger partial charge < -0.3 is 0 Å². The van der Waals surface area contributed by atoms with Crippen LogP contribution in [0.3, 0.4) is 0 Å². The van der Waals surface area contributed by atoms with Crippen molar-refractivity contribution < 1.29 is 13.2 Å². The van der Waals surface area contributed by atoms with E-state index in [-0.39, 0.29) is 10.8 Å². The summed E-state index contributed by atoms with van der Waals surface area (Å²) < 4.78 is 36.4. The largest absolute Gasteiger partial charge is 0.434 e. The Morgan fingerprint density at radius 1 is 1.50 bits per heavy atom. The molecule has 1 heterocycles. The summed E-state index contributed by atoms with van der Waals surface area (Å²) in [5.41, 5.74) is -0.847. The first-order valence-electron chi connectivity index (χ1n) is 3.04. The van der Waals surface area contributed by atoms with Crippen molar-refractivity contribution >= 4 is 22.9 Å². The summed E-state index contributed by atoms with van der Waals surface area (Å²) in [6, 6.07) is 0. The molecule has 0 N–H and O–H groups in total. The first-order chi connectivity index (χ1) is 5.45. The number of thiazole rings is 1. The normalized spacial score (nSPS) is 12.1. The van der Waals surface area contributed by atoms with Crippen molar-refractivity contribution in [1.29, 1.82) is 0 Å². The Kier molecular flexibility index (Phi) is 2.63. The number of aryl methyl sites for hydroxylation is 1. The molecule has 0 aliphatic carbocycles. The monoisotopic (exact) mass is 215 g/mol. The SMILES string of the molecule is Cc1nc(C(F)(F)F)c(CCl)s1. The van der Waals surface area contributed by atoms with Crippen LogP contribution >= 0.6 is 22.9 Å². The van der Waals surface area contributed by atoms with E-state index in [1.54, 1.807) is 0 Å². The molecule has 0 amide bonds. The van der Waals surface area contributed by atoms with Gasteiger partial charge in [-0.3, -0.25) is 0 Å². The number of halogens is 4. The zero-order valence-corrected chi connectivity index (χ0v) is 7.65. The number of hydrogen-bond donors (Lipinski definition) is 0. The smallest absolute Gasteiger partial charge is 0.237 e. The highest BCUT2D eigenvalue weighted by Gasteiger charge is 2.36. The second-order valence-electron chi connectivity index (χ2n) is 2.14. The molecule has 0 saturated heterocycles. The maximum absolute atomic E-state index is 12.1. The molecule has 1 aromatic heterocycles. The lowest BCUT2D eigenvalue weighted by molar-refractivity contribution is -0.141. The Labute approximate surface area is 76.2 Å². The van der Waals surface area contributed by atoms with E-state index in [1.807, 2.05) is 0 Å². The second kappa shape index (κ2) is 3.22. The molecule has 12 heavy (non-hydrogen) atoms. The van der Waals surface area contributed by atoms with E-state index in [2.05, 4.69) is 4.98 Å². The van der Waals surface area contributed by atoms with Gasteiger partial charge in [-0.25, -0.2) is 4.98 Å². The quantitative estimate of drug-likeness (QED) is 0.656. The van der Waals surface area contributed by atoms with Gasteiger partial charge >= 0.3 is 6.18 Å². The van der Waals surface area contributed by atoms with Gasteiger partial charge in [-0.15, -0.1) is 22.9 Å². The van der Waals surface area contributed by atoms with Crippen LogP contribution in [0.4, 0.5) is 13.2 Å². The van der Waals surface area contributed by atoms with E-state index >= 15 is 0 Å². The van der Waals surface area contributed by atoms with Crippen LogP contribution in [0.5, 0.6) is 0 Å². The molecule has 0 fully saturated rings. The molecule has 0 atom stereocenters. The van der Waals surface area contributed by atoms with Gasteiger partial charge in [0.25, 0.3) is 0 Å². The highest BCUT2D eigenvalue weighted by molar-refractivity contribution is 7.11. The summed E-state index contributed by atoms with van der Waals surface area (Å²) in [6.45, 7) is 1.52. The third-order valence-corrected chi connectivity index (χ3v) is 2.59. The van der Waals surface area contributed by atoms with E-state index in [9.17, 15) is 13.2 Å². The average molecular weight is 216 g/mol. The molecule has 68 valence electrons. The van der Waals surface area contributed by atoms with Crippen LogP contribution in [0.1, 0.15) is 15.6 Å². The zero-order valence-electron chi connectivity index (χ0n) is 6.07. The lowest BCUT2D eigenvalue weighted by Crippen LogP contribution is -2.07. The average Bonchev–Trinajstić information content (AvgIpc) is 2.29. The summed E-state index contributed by atoms with van der Waals surface area (Å²) in [6.07, 6.45) is -4.38. The van der Waals surface area contributed by atoms with E-state index < -0.39 is 11.9 Å². The highest BCUT2D eigenvalue weighted by atomic mass is 35.5. The lowest BCUT2D eigenvalue weighted by Gasteiger charge is -2.02. The predicted molar refractivity (Wildman–Crippen MR) is 41.4 cm³/mol. The second-order valence-corrected chi connectivity index (χ2v) is 3.69. The first kappa shape index (κ1) is 9.80. The van der Waals surface area contributed by atoms with Crippen LogP contribution in [0.25, 0.3) is 0 Å². The fourth-order valence-corrected chi connectivity index (χ4v) is 1.88. The Morgan fingerprint density at radius 2 is 2.08 bits per heavy atom. The highest BCUT2D eigenvalue weighted by Crippen LogP contribution is 2.34. The number of nitrogens with zero attached hydrogens (tertiary/aromatic N) is 1. The van der Waals surface area contributed by atoms with E-state index in [4.69, 9.17) is 11.6 Å². The van der Waals surface area contributed by atoms with E-state index in [0.29, 0.717) is 5.01 Å². The summed E-state index contributed by atoms with van der Waals surface area (Å²) in [4.78, 5) is 3.45. The van der Waals surface area contributed by atoms with Crippen LogP contribution in [0.2, 0.25) is 0 Å². The van der Waals surface area contributed by atoms with Crippen LogP contribution in [0, 0.1) is 6.92 Å². The Bertz CT molecular complexity index is 281. The maximum atomic E-state index is 12.1. The molecule has 1 rings (SSSR count). The Balaban J connectivity index is 3.13. The molecular formula is C6H5ClF3NS. The molecule has 0 aliphatic rings. The van der Waals surface area contributed by atoms with Crippen molar-refractivity contribution in [2.75, 3.05) is 0 Å². The summed E-state index contributed by atoms with van der Waals surface area (Å²) in [7, 11) is 0. The minimum absolute atomic E-state index is 0.0849.